The summed E-state index contributed by atoms with van der Waals surface area (Å²) in [7, 11) is 0. The number of benzene rings is 2. The minimum atomic E-state index is -0.834. The van der Waals surface area contributed by atoms with Crippen LogP contribution in [0.25, 0.3) is 11.8 Å². The monoisotopic (exact) mass is 438 g/mol. The summed E-state index contributed by atoms with van der Waals surface area (Å²) in [4.78, 5) is 15.6. The van der Waals surface area contributed by atoms with Gasteiger partial charge in [-0.3, -0.25) is 9.69 Å². The maximum absolute atomic E-state index is 13.9. The fraction of sp³-hybridized carbons (Fsp3) is 0.304. The van der Waals surface area contributed by atoms with Crippen molar-refractivity contribution in [2.75, 3.05) is 26.2 Å². The molecule has 1 aromatic heterocycles. The number of piperidine rings is 1. The zero-order valence-corrected chi connectivity index (χ0v) is 17.5. The third-order valence-corrected chi connectivity index (χ3v) is 5.47. The first-order valence-electron chi connectivity index (χ1n) is 10.6. The van der Waals surface area contributed by atoms with E-state index < -0.39 is 17.5 Å². The van der Waals surface area contributed by atoms with Crippen LogP contribution in [-0.2, 0) is 0 Å². The average molecular weight is 438 g/mol. The van der Waals surface area contributed by atoms with Gasteiger partial charge >= 0.3 is 0 Å². The van der Waals surface area contributed by atoms with Crippen molar-refractivity contribution in [3.05, 3.63) is 77.6 Å². The van der Waals surface area contributed by atoms with E-state index in [-0.39, 0.29) is 11.5 Å². The van der Waals surface area contributed by atoms with Crippen LogP contribution in [0.5, 0.6) is 0 Å². The van der Waals surface area contributed by atoms with E-state index in [0.717, 1.165) is 49.4 Å². The lowest BCUT2D eigenvalue weighted by Crippen LogP contribution is -2.38. The van der Waals surface area contributed by atoms with E-state index in [9.17, 15) is 13.6 Å². The minimum absolute atomic E-state index is 0.0772. The summed E-state index contributed by atoms with van der Waals surface area (Å²) < 4.78 is 26.9. The minimum Gasteiger partial charge on any atom is -0.349 e. The first-order chi connectivity index (χ1) is 15.6. The highest BCUT2D eigenvalue weighted by Gasteiger charge is 2.21. The lowest BCUT2D eigenvalue weighted by molar-refractivity contribution is 0.0927. The Kier molecular flexibility index (Phi) is 6.96. The van der Waals surface area contributed by atoms with Crippen LogP contribution in [0.15, 0.2) is 54.6 Å². The van der Waals surface area contributed by atoms with Crippen LogP contribution in [-0.4, -0.2) is 57.2 Å². The Hall–Kier alpha value is -3.46. The molecule has 7 nitrogen and oxygen atoms in total. The van der Waals surface area contributed by atoms with Crippen molar-refractivity contribution >= 4 is 12.0 Å². The normalized spacial score (nSPS) is 15.3. The van der Waals surface area contributed by atoms with Crippen LogP contribution in [0.3, 0.4) is 0 Å². The van der Waals surface area contributed by atoms with Gasteiger partial charge in [-0.25, -0.2) is 8.78 Å². The number of nitrogens with zero attached hydrogens (tertiary/aromatic N) is 5. The molecule has 0 saturated carbocycles. The van der Waals surface area contributed by atoms with Gasteiger partial charge in [0.2, 0.25) is 0 Å². The highest BCUT2D eigenvalue weighted by molar-refractivity contribution is 5.90. The van der Waals surface area contributed by atoms with E-state index >= 15 is 0 Å². The number of aromatic nitrogens is 4. The largest absolute Gasteiger partial charge is 0.349 e. The summed E-state index contributed by atoms with van der Waals surface area (Å²) in [6.45, 7) is 3.36. The topological polar surface area (TPSA) is 75.9 Å². The SMILES string of the molecule is O=C(NCC1CCN(C/C=C/c2ccccc2)CC1)c1nnn(-c2ccc(F)cc2F)n1. The fourth-order valence-electron chi connectivity index (χ4n) is 3.64. The number of carbonyl (C=O) groups is 1. The Morgan fingerprint density at radius 1 is 1.12 bits per heavy atom. The second kappa shape index (κ2) is 10.2. The zero-order chi connectivity index (χ0) is 22.3. The molecule has 3 aromatic rings. The van der Waals surface area contributed by atoms with E-state index in [1.807, 2.05) is 18.2 Å². The molecule has 0 radical (unpaired) electrons. The Balaban J connectivity index is 1.22. The van der Waals surface area contributed by atoms with E-state index in [1.165, 1.54) is 11.6 Å². The molecule has 4 rings (SSSR count). The second-order valence-corrected chi connectivity index (χ2v) is 7.77. The van der Waals surface area contributed by atoms with Gasteiger partial charge in [0.15, 0.2) is 5.82 Å². The van der Waals surface area contributed by atoms with E-state index in [0.29, 0.717) is 12.5 Å². The molecule has 1 aliphatic rings. The molecular formula is C23H24F2N6O. The van der Waals surface area contributed by atoms with Crippen LogP contribution in [0.1, 0.15) is 29.0 Å². The van der Waals surface area contributed by atoms with Crippen molar-refractivity contribution in [3.8, 4) is 5.69 Å². The maximum Gasteiger partial charge on any atom is 0.292 e. The molecule has 1 fully saturated rings. The number of hydrogen-bond acceptors (Lipinski definition) is 5. The molecule has 32 heavy (non-hydrogen) atoms. The van der Waals surface area contributed by atoms with Gasteiger partial charge in [0, 0.05) is 19.2 Å². The lowest BCUT2D eigenvalue weighted by Gasteiger charge is -2.31. The van der Waals surface area contributed by atoms with Crippen molar-refractivity contribution in [3.63, 3.8) is 0 Å². The molecule has 1 amide bonds. The molecule has 0 bridgehead atoms. The first-order valence-corrected chi connectivity index (χ1v) is 10.6. The Morgan fingerprint density at radius 2 is 1.91 bits per heavy atom. The predicted octanol–water partition coefficient (Wildman–Crippen LogP) is 3.10. The number of rotatable bonds is 7. The highest BCUT2D eigenvalue weighted by atomic mass is 19.1. The summed E-state index contributed by atoms with van der Waals surface area (Å²) in [5.41, 5.74) is 1.12. The number of hydrogen-bond donors (Lipinski definition) is 1. The number of likely N-dealkylation sites (tertiary alicyclic amines) is 1. The summed E-state index contributed by atoms with van der Waals surface area (Å²) in [5, 5.41) is 14.1. The van der Waals surface area contributed by atoms with Crippen LogP contribution < -0.4 is 5.32 Å². The van der Waals surface area contributed by atoms with Gasteiger partial charge < -0.3 is 5.32 Å². The van der Waals surface area contributed by atoms with Crippen molar-refractivity contribution in [2.24, 2.45) is 5.92 Å². The molecule has 1 N–H and O–H groups in total. The third-order valence-electron chi connectivity index (χ3n) is 5.47. The van der Waals surface area contributed by atoms with Gasteiger partial charge in [-0.05, 0) is 54.8 Å². The van der Waals surface area contributed by atoms with Gasteiger partial charge in [-0.15, -0.1) is 15.0 Å². The number of carbonyl (C=O) groups excluding carboxylic acids is 1. The van der Waals surface area contributed by atoms with Gasteiger partial charge in [0.1, 0.15) is 11.5 Å². The number of amides is 1. The van der Waals surface area contributed by atoms with Gasteiger partial charge in [0.05, 0.1) is 0 Å². The maximum atomic E-state index is 13.9. The summed E-state index contributed by atoms with van der Waals surface area (Å²) in [5.74, 6) is -1.79. The lowest BCUT2D eigenvalue weighted by atomic mass is 9.97. The third kappa shape index (κ3) is 5.61. The molecule has 1 saturated heterocycles. The molecule has 9 heteroatoms. The predicted molar refractivity (Wildman–Crippen MR) is 116 cm³/mol. The van der Waals surface area contributed by atoms with E-state index in [4.69, 9.17) is 0 Å². The standard InChI is InChI=1S/C23H24F2N6O/c24-19-8-9-21(20(25)15-19)31-28-22(27-29-31)23(32)26-16-18-10-13-30(14-11-18)12-4-7-17-5-2-1-3-6-17/h1-9,15,18H,10-14,16H2,(H,26,32)/b7-4+. The number of halogens is 2. The molecule has 0 atom stereocenters. The summed E-state index contributed by atoms with van der Waals surface area (Å²) >= 11 is 0. The molecule has 0 aliphatic carbocycles. The smallest absolute Gasteiger partial charge is 0.292 e. The molecule has 0 unspecified atom stereocenters. The molecule has 0 spiro atoms. The highest BCUT2D eigenvalue weighted by Crippen LogP contribution is 2.17. The average Bonchev–Trinajstić information content (AvgIpc) is 3.29. The fourth-order valence-corrected chi connectivity index (χ4v) is 3.64. The van der Waals surface area contributed by atoms with Crippen molar-refractivity contribution in [2.45, 2.75) is 12.8 Å². The second-order valence-electron chi connectivity index (χ2n) is 7.77. The van der Waals surface area contributed by atoms with E-state index in [1.54, 1.807) is 0 Å². The summed E-state index contributed by atoms with van der Waals surface area (Å²) in [6, 6.07) is 13.2. The van der Waals surface area contributed by atoms with Crippen molar-refractivity contribution in [1.82, 2.24) is 30.4 Å². The van der Waals surface area contributed by atoms with Gasteiger partial charge in [-0.2, -0.15) is 0 Å². The van der Waals surface area contributed by atoms with Crippen molar-refractivity contribution < 1.29 is 13.6 Å². The molecule has 166 valence electrons. The Morgan fingerprint density at radius 3 is 2.66 bits per heavy atom. The first kappa shape index (κ1) is 21.8. The van der Waals surface area contributed by atoms with Crippen LogP contribution in [0.4, 0.5) is 8.78 Å². The van der Waals surface area contributed by atoms with Gasteiger partial charge in [0.25, 0.3) is 11.7 Å². The molecule has 2 aromatic carbocycles. The number of tetrazole rings is 1. The van der Waals surface area contributed by atoms with Crippen LogP contribution >= 0.6 is 0 Å². The summed E-state index contributed by atoms with van der Waals surface area (Å²) in [6.07, 6.45) is 6.28. The van der Waals surface area contributed by atoms with Gasteiger partial charge in [-0.1, -0.05) is 42.5 Å². The molecular weight excluding hydrogens is 414 g/mol. The zero-order valence-electron chi connectivity index (χ0n) is 17.5. The van der Waals surface area contributed by atoms with Crippen molar-refractivity contribution in [1.29, 1.82) is 0 Å². The Labute approximate surface area is 184 Å². The molecule has 2 heterocycles. The quantitative estimate of drug-likeness (QED) is 0.614. The van der Waals surface area contributed by atoms with Crippen LogP contribution in [0.2, 0.25) is 0 Å². The Bertz CT molecular complexity index is 1080. The molecule has 1 aliphatic heterocycles. The number of nitrogens with one attached hydrogen (secondary N) is 1. The van der Waals surface area contributed by atoms with E-state index in [2.05, 4.69) is 49.9 Å². The van der Waals surface area contributed by atoms with Crippen LogP contribution in [0, 0.1) is 17.6 Å².